The standard InChI is InChI=1S/C25H32NO4P/c1-19-14-22(29-3)15-20(2)25(19)26-23(27)17-31(12-8-5-9-13-31)18-24(28)30-16-21-10-6-4-7-11-21/h4,6-7,10-11,14-15H,5,8-9,12-13,16-18H2,1-3H3/p+1. The van der Waals surface area contributed by atoms with E-state index < -0.39 is 7.26 Å². The highest BCUT2D eigenvalue weighted by Gasteiger charge is 2.43. The zero-order valence-electron chi connectivity index (χ0n) is 18.8. The zero-order valence-corrected chi connectivity index (χ0v) is 19.7. The molecule has 0 saturated carbocycles. The number of anilines is 1. The van der Waals surface area contributed by atoms with Crippen LogP contribution >= 0.6 is 7.26 Å². The second kappa shape index (κ2) is 10.8. The maximum atomic E-state index is 13.0. The monoisotopic (exact) mass is 442 g/mol. The van der Waals surface area contributed by atoms with Gasteiger partial charge in [0.1, 0.15) is 18.5 Å². The number of methoxy groups -OCH3 is 1. The Kier molecular flexibility index (Phi) is 8.09. The highest BCUT2D eigenvalue weighted by molar-refractivity contribution is 7.77. The van der Waals surface area contributed by atoms with Gasteiger partial charge in [0.25, 0.3) is 5.91 Å². The molecular formula is C25H33NO4P+. The molecule has 5 nitrogen and oxygen atoms in total. The van der Waals surface area contributed by atoms with Crippen molar-refractivity contribution in [3.8, 4) is 5.75 Å². The second-order valence-corrected chi connectivity index (χ2v) is 12.7. The number of amides is 1. The molecule has 1 N–H and O–H groups in total. The Balaban J connectivity index is 1.65. The van der Waals surface area contributed by atoms with E-state index in [9.17, 15) is 9.59 Å². The summed E-state index contributed by atoms with van der Waals surface area (Å²) >= 11 is 0. The maximum Gasteiger partial charge on any atom is 0.344 e. The van der Waals surface area contributed by atoms with Crippen LogP contribution in [0.5, 0.6) is 5.75 Å². The van der Waals surface area contributed by atoms with Crippen molar-refractivity contribution in [1.82, 2.24) is 0 Å². The van der Waals surface area contributed by atoms with E-state index in [0.29, 0.717) is 12.3 Å². The number of carbonyl (C=O) groups excluding carboxylic acids is 2. The van der Waals surface area contributed by atoms with E-state index in [1.807, 2.05) is 56.3 Å². The zero-order chi connectivity index (χ0) is 22.3. The fraction of sp³-hybridized carbons (Fsp3) is 0.440. The second-order valence-electron chi connectivity index (χ2n) is 8.50. The highest BCUT2D eigenvalue weighted by Crippen LogP contribution is 2.62. The lowest BCUT2D eigenvalue weighted by Crippen LogP contribution is -2.28. The van der Waals surface area contributed by atoms with Gasteiger partial charge < -0.3 is 14.8 Å². The van der Waals surface area contributed by atoms with Crippen LogP contribution in [0, 0.1) is 13.8 Å². The molecule has 1 aliphatic rings. The molecule has 0 bridgehead atoms. The van der Waals surface area contributed by atoms with Gasteiger partial charge in [-0.2, -0.15) is 0 Å². The lowest BCUT2D eigenvalue weighted by Gasteiger charge is -2.29. The Morgan fingerprint density at radius 2 is 1.61 bits per heavy atom. The van der Waals surface area contributed by atoms with Gasteiger partial charge in [0.05, 0.1) is 19.4 Å². The van der Waals surface area contributed by atoms with Crippen LogP contribution in [0.4, 0.5) is 5.69 Å². The molecule has 1 amide bonds. The largest absolute Gasteiger partial charge is 0.497 e. The van der Waals surface area contributed by atoms with E-state index in [1.54, 1.807) is 7.11 Å². The highest BCUT2D eigenvalue weighted by atomic mass is 31.2. The first kappa shape index (κ1) is 23.3. The third kappa shape index (κ3) is 6.54. The molecule has 1 aliphatic heterocycles. The van der Waals surface area contributed by atoms with Gasteiger partial charge in [-0.05, 0) is 61.9 Å². The Morgan fingerprint density at radius 1 is 0.968 bits per heavy atom. The number of rotatable bonds is 8. The molecule has 2 aromatic carbocycles. The molecule has 3 rings (SSSR count). The molecule has 0 unspecified atom stereocenters. The summed E-state index contributed by atoms with van der Waals surface area (Å²) in [7, 11) is -0.0780. The number of carbonyl (C=O) groups is 2. The van der Waals surface area contributed by atoms with E-state index >= 15 is 0 Å². The predicted octanol–water partition coefficient (Wildman–Crippen LogP) is 5.20. The Bertz CT molecular complexity index is 884. The molecule has 0 aromatic heterocycles. The molecule has 0 spiro atoms. The summed E-state index contributed by atoms with van der Waals surface area (Å²) in [4.78, 5) is 25.7. The van der Waals surface area contributed by atoms with E-state index in [4.69, 9.17) is 9.47 Å². The van der Waals surface area contributed by atoms with Crippen molar-refractivity contribution in [2.45, 2.75) is 39.7 Å². The summed E-state index contributed by atoms with van der Waals surface area (Å²) in [5.41, 5.74) is 3.77. The van der Waals surface area contributed by atoms with Crippen molar-refractivity contribution in [3.63, 3.8) is 0 Å². The first-order valence-electron chi connectivity index (χ1n) is 10.9. The lowest BCUT2D eigenvalue weighted by molar-refractivity contribution is -0.141. The Morgan fingerprint density at radius 3 is 2.23 bits per heavy atom. The summed E-state index contributed by atoms with van der Waals surface area (Å²) in [6.45, 7) is 4.23. The van der Waals surface area contributed by atoms with Crippen LogP contribution in [0.1, 0.15) is 36.0 Å². The van der Waals surface area contributed by atoms with Crippen LogP contribution in [0.15, 0.2) is 42.5 Å². The summed E-state index contributed by atoms with van der Waals surface area (Å²) in [6.07, 6.45) is 6.18. The normalized spacial score (nSPS) is 15.2. The molecule has 0 aliphatic carbocycles. The molecule has 1 heterocycles. The van der Waals surface area contributed by atoms with Crippen molar-refractivity contribution in [1.29, 1.82) is 0 Å². The molecule has 0 radical (unpaired) electrons. The minimum Gasteiger partial charge on any atom is -0.497 e. The first-order chi connectivity index (χ1) is 14.9. The third-order valence-corrected chi connectivity index (χ3v) is 10.4. The summed E-state index contributed by atoms with van der Waals surface area (Å²) < 4.78 is 10.9. The van der Waals surface area contributed by atoms with Crippen molar-refractivity contribution < 1.29 is 19.1 Å². The van der Waals surface area contributed by atoms with Crippen molar-refractivity contribution in [3.05, 3.63) is 59.2 Å². The summed E-state index contributed by atoms with van der Waals surface area (Å²) in [5.74, 6) is 0.608. The van der Waals surface area contributed by atoms with Crippen LogP contribution in [0.3, 0.4) is 0 Å². The van der Waals surface area contributed by atoms with Gasteiger partial charge in [-0.3, -0.25) is 4.79 Å². The van der Waals surface area contributed by atoms with Gasteiger partial charge in [-0.1, -0.05) is 30.3 Å². The SMILES string of the molecule is COc1cc(C)c(NC(=O)C[P+]2(CC(=O)OCc3ccccc3)CCCCC2)c(C)c1. The summed E-state index contributed by atoms with van der Waals surface area (Å²) in [5, 5.41) is 3.11. The predicted molar refractivity (Wildman–Crippen MR) is 128 cm³/mol. The molecule has 166 valence electrons. The molecule has 6 heteroatoms. The van der Waals surface area contributed by atoms with Crippen molar-refractivity contribution >= 4 is 24.8 Å². The number of esters is 1. The molecule has 1 saturated heterocycles. The molecular weight excluding hydrogens is 409 g/mol. The van der Waals surface area contributed by atoms with E-state index in [2.05, 4.69) is 5.32 Å². The van der Waals surface area contributed by atoms with E-state index in [0.717, 1.165) is 53.3 Å². The number of benzene rings is 2. The van der Waals surface area contributed by atoms with Crippen LogP contribution in [0.25, 0.3) is 0 Å². The van der Waals surface area contributed by atoms with E-state index in [1.165, 1.54) is 6.42 Å². The average molecular weight is 443 g/mol. The van der Waals surface area contributed by atoms with Gasteiger partial charge in [0.15, 0.2) is 6.16 Å². The van der Waals surface area contributed by atoms with Crippen LogP contribution in [0.2, 0.25) is 0 Å². The fourth-order valence-corrected chi connectivity index (χ4v) is 8.42. The number of ether oxygens (including phenoxy) is 2. The van der Waals surface area contributed by atoms with Crippen LogP contribution < -0.4 is 10.1 Å². The molecule has 2 aromatic rings. The first-order valence-corrected chi connectivity index (χ1v) is 13.4. The molecule has 0 atom stereocenters. The van der Waals surface area contributed by atoms with Gasteiger partial charge in [0.2, 0.25) is 0 Å². The molecule has 31 heavy (non-hydrogen) atoms. The molecule has 1 fully saturated rings. The Hall–Kier alpha value is -2.39. The Labute approximate surface area is 185 Å². The van der Waals surface area contributed by atoms with Crippen LogP contribution in [-0.4, -0.2) is 43.6 Å². The van der Waals surface area contributed by atoms with Gasteiger partial charge in [-0.25, -0.2) is 4.79 Å². The van der Waals surface area contributed by atoms with Gasteiger partial charge >= 0.3 is 5.97 Å². The fourth-order valence-electron chi connectivity index (χ4n) is 4.34. The lowest BCUT2D eigenvalue weighted by atomic mass is 10.1. The summed E-state index contributed by atoms with van der Waals surface area (Å²) in [6, 6.07) is 13.6. The number of hydrogen-bond donors (Lipinski definition) is 1. The quantitative estimate of drug-likeness (QED) is 0.451. The van der Waals surface area contributed by atoms with Crippen molar-refractivity contribution in [2.24, 2.45) is 0 Å². The van der Waals surface area contributed by atoms with Gasteiger partial charge in [-0.15, -0.1) is 0 Å². The minimum atomic E-state index is -1.72. The van der Waals surface area contributed by atoms with E-state index in [-0.39, 0.29) is 18.5 Å². The average Bonchev–Trinajstić information content (AvgIpc) is 2.76. The topological polar surface area (TPSA) is 64.6 Å². The number of aryl methyl sites for hydroxylation is 2. The third-order valence-electron chi connectivity index (χ3n) is 5.96. The number of nitrogens with one attached hydrogen (secondary N) is 1. The smallest absolute Gasteiger partial charge is 0.344 e. The number of hydrogen-bond acceptors (Lipinski definition) is 4. The maximum absolute atomic E-state index is 13.0. The van der Waals surface area contributed by atoms with Crippen LogP contribution in [-0.2, 0) is 20.9 Å². The van der Waals surface area contributed by atoms with Crippen molar-refractivity contribution in [2.75, 3.05) is 37.1 Å². The minimum absolute atomic E-state index is 0.00228. The van der Waals surface area contributed by atoms with Gasteiger partial charge in [0, 0.05) is 12.9 Å².